The molecule has 0 aliphatic carbocycles. The lowest BCUT2D eigenvalue weighted by molar-refractivity contribution is 0.726. The van der Waals surface area contributed by atoms with Crippen LogP contribution in [0.15, 0.2) is 48.5 Å². The van der Waals surface area contributed by atoms with Gasteiger partial charge in [0.15, 0.2) is 0 Å². The van der Waals surface area contributed by atoms with Gasteiger partial charge in [0.05, 0.1) is 0 Å². The fourth-order valence-electron chi connectivity index (χ4n) is 2.27. The summed E-state index contributed by atoms with van der Waals surface area (Å²) in [5.74, 6) is 0. The van der Waals surface area contributed by atoms with Gasteiger partial charge in [-0.3, -0.25) is 0 Å². The van der Waals surface area contributed by atoms with E-state index in [9.17, 15) is 0 Å². The SMILES string of the molecule is CCNCc1ccc(N(C)Cc2ccccc2C)cc1. The Balaban J connectivity index is 2.02. The number of nitrogens with zero attached hydrogens (tertiary/aromatic N) is 1. The molecule has 106 valence electrons. The topological polar surface area (TPSA) is 15.3 Å². The molecule has 0 aliphatic rings. The molecule has 0 fully saturated rings. The zero-order valence-corrected chi connectivity index (χ0v) is 12.7. The van der Waals surface area contributed by atoms with Crippen LogP contribution in [0.5, 0.6) is 0 Å². The van der Waals surface area contributed by atoms with Crippen LogP contribution in [0, 0.1) is 6.92 Å². The number of nitrogens with one attached hydrogen (secondary N) is 1. The Bertz CT molecular complexity index is 531. The van der Waals surface area contributed by atoms with Gasteiger partial charge in [-0.1, -0.05) is 43.3 Å². The van der Waals surface area contributed by atoms with Crippen LogP contribution in [0.25, 0.3) is 0 Å². The maximum atomic E-state index is 3.35. The van der Waals surface area contributed by atoms with Crippen LogP contribution in [0.1, 0.15) is 23.6 Å². The van der Waals surface area contributed by atoms with E-state index in [2.05, 4.69) is 79.6 Å². The highest BCUT2D eigenvalue weighted by atomic mass is 15.1. The van der Waals surface area contributed by atoms with Crippen molar-refractivity contribution in [1.82, 2.24) is 5.32 Å². The van der Waals surface area contributed by atoms with E-state index in [-0.39, 0.29) is 0 Å². The van der Waals surface area contributed by atoms with Gasteiger partial charge in [0, 0.05) is 25.8 Å². The van der Waals surface area contributed by atoms with Crippen molar-refractivity contribution in [2.24, 2.45) is 0 Å². The van der Waals surface area contributed by atoms with Crippen molar-refractivity contribution < 1.29 is 0 Å². The molecule has 0 radical (unpaired) electrons. The third kappa shape index (κ3) is 3.84. The normalized spacial score (nSPS) is 10.6. The number of benzene rings is 2. The average Bonchev–Trinajstić information content (AvgIpc) is 2.48. The van der Waals surface area contributed by atoms with Crippen molar-refractivity contribution >= 4 is 5.69 Å². The molecule has 0 aromatic heterocycles. The molecule has 0 unspecified atom stereocenters. The van der Waals surface area contributed by atoms with E-state index in [0.29, 0.717) is 0 Å². The summed E-state index contributed by atoms with van der Waals surface area (Å²) in [5.41, 5.74) is 5.32. The van der Waals surface area contributed by atoms with Gasteiger partial charge >= 0.3 is 0 Å². The summed E-state index contributed by atoms with van der Waals surface area (Å²) < 4.78 is 0. The lowest BCUT2D eigenvalue weighted by Gasteiger charge is -2.21. The number of hydrogen-bond acceptors (Lipinski definition) is 2. The molecular formula is C18H24N2. The molecule has 0 bridgehead atoms. The fourth-order valence-corrected chi connectivity index (χ4v) is 2.27. The fraction of sp³-hybridized carbons (Fsp3) is 0.333. The quantitative estimate of drug-likeness (QED) is 0.858. The van der Waals surface area contributed by atoms with Crippen LogP contribution in [-0.2, 0) is 13.1 Å². The van der Waals surface area contributed by atoms with Crippen molar-refractivity contribution in [2.75, 3.05) is 18.5 Å². The number of anilines is 1. The molecule has 0 atom stereocenters. The minimum absolute atomic E-state index is 0.943. The van der Waals surface area contributed by atoms with Crippen LogP contribution in [0.3, 0.4) is 0 Å². The first-order valence-electron chi connectivity index (χ1n) is 7.26. The molecule has 1 N–H and O–H groups in total. The maximum Gasteiger partial charge on any atom is 0.0428 e. The Labute approximate surface area is 122 Å². The summed E-state index contributed by atoms with van der Waals surface area (Å²) in [6.07, 6.45) is 0. The minimum Gasteiger partial charge on any atom is -0.370 e. The Kier molecular flexibility index (Phi) is 5.19. The van der Waals surface area contributed by atoms with E-state index in [1.807, 2.05) is 0 Å². The summed E-state index contributed by atoms with van der Waals surface area (Å²) in [7, 11) is 2.14. The van der Waals surface area contributed by atoms with Gasteiger partial charge in [0.25, 0.3) is 0 Å². The van der Waals surface area contributed by atoms with Gasteiger partial charge in [-0.15, -0.1) is 0 Å². The second kappa shape index (κ2) is 7.11. The van der Waals surface area contributed by atoms with E-state index < -0.39 is 0 Å². The summed E-state index contributed by atoms with van der Waals surface area (Å²) in [6, 6.07) is 17.4. The first-order valence-corrected chi connectivity index (χ1v) is 7.26. The number of aryl methyl sites for hydroxylation is 1. The van der Waals surface area contributed by atoms with Crippen molar-refractivity contribution in [3.8, 4) is 0 Å². The molecule has 0 saturated carbocycles. The van der Waals surface area contributed by atoms with Crippen LogP contribution in [0.2, 0.25) is 0 Å². The molecule has 2 heteroatoms. The molecule has 2 aromatic carbocycles. The Morgan fingerprint density at radius 1 is 1.00 bits per heavy atom. The average molecular weight is 268 g/mol. The van der Waals surface area contributed by atoms with Crippen LogP contribution in [0.4, 0.5) is 5.69 Å². The van der Waals surface area contributed by atoms with Crippen molar-refractivity contribution in [3.05, 3.63) is 65.2 Å². The molecule has 2 aromatic rings. The van der Waals surface area contributed by atoms with E-state index in [1.54, 1.807) is 0 Å². The molecule has 0 saturated heterocycles. The Morgan fingerprint density at radius 3 is 2.35 bits per heavy atom. The van der Waals surface area contributed by atoms with Gasteiger partial charge in [0.2, 0.25) is 0 Å². The highest BCUT2D eigenvalue weighted by Gasteiger charge is 2.04. The van der Waals surface area contributed by atoms with Crippen molar-refractivity contribution in [3.63, 3.8) is 0 Å². The summed E-state index contributed by atoms with van der Waals surface area (Å²) in [6.45, 7) is 7.19. The van der Waals surface area contributed by atoms with Crippen LogP contribution in [-0.4, -0.2) is 13.6 Å². The minimum atomic E-state index is 0.943. The van der Waals surface area contributed by atoms with E-state index in [0.717, 1.165) is 19.6 Å². The largest absolute Gasteiger partial charge is 0.370 e. The highest BCUT2D eigenvalue weighted by molar-refractivity contribution is 5.48. The lowest BCUT2D eigenvalue weighted by Crippen LogP contribution is -2.17. The predicted octanol–water partition coefficient (Wildman–Crippen LogP) is 3.74. The molecular weight excluding hydrogens is 244 g/mol. The highest BCUT2D eigenvalue weighted by Crippen LogP contribution is 2.18. The van der Waals surface area contributed by atoms with Gasteiger partial charge in [0.1, 0.15) is 0 Å². The van der Waals surface area contributed by atoms with E-state index in [4.69, 9.17) is 0 Å². The maximum absolute atomic E-state index is 3.35. The Hall–Kier alpha value is -1.80. The van der Waals surface area contributed by atoms with Gasteiger partial charge in [-0.05, 0) is 42.3 Å². The number of rotatable bonds is 6. The smallest absolute Gasteiger partial charge is 0.0428 e. The summed E-state index contributed by atoms with van der Waals surface area (Å²) in [5, 5.41) is 3.35. The zero-order valence-electron chi connectivity index (χ0n) is 12.7. The first kappa shape index (κ1) is 14.6. The van der Waals surface area contributed by atoms with Gasteiger partial charge < -0.3 is 10.2 Å². The molecule has 20 heavy (non-hydrogen) atoms. The lowest BCUT2D eigenvalue weighted by atomic mass is 10.1. The van der Waals surface area contributed by atoms with Crippen LogP contribution >= 0.6 is 0 Å². The third-order valence-corrected chi connectivity index (χ3v) is 3.63. The van der Waals surface area contributed by atoms with Crippen molar-refractivity contribution in [2.45, 2.75) is 26.9 Å². The number of hydrogen-bond donors (Lipinski definition) is 1. The van der Waals surface area contributed by atoms with E-state index in [1.165, 1.54) is 22.4 Å². The molecule has 2 rings (SSSR count). The first-order chi connectivity index (χ1) is 9.70. The standard InChI is InChI=1S/C18H24N2/c1-4-19-13-16-9-11-18(12-10-16)20(3)14-17-8-6-5-7-15(17)2/h5-12,19H,4,13-14H2,1-3H3. The summed E-state index contributed by atoms with van der Waals surface area (Å²) in [4.78, 5) is 2.29. The molecule has 0 heterocycles. The molecule has 0 aliphatic heterocycles. The van der Waals surface area contributed by atoms with Crippen molar-refractivity contribution in [1.29, 1.82) is 0 Å². The zero-order chi connectivity index (χ0) is 14.4. The van der Waals surface area contributed by atoms with Crippen LogP contribution < -0.4 is 10.2 Å². The molecule has 2 nitrogen and oxygen atoms in total. The van der Waals surface area contributed by atoms with E-state index >= 15 is 0 Å². The summed E-state index contributed by atoms with van der Waals surface area (Å²) >= 11 is 0. The molecule has 0 amide bonds. The second-order valence-electron chi connectivity index (χ2n) is 5.23. The predicted molar refractivity (Wildman–Crippen MR) is 87.1 cm³/mol. The monoisotopic (exact) mass is 268 g/mol. The Morgan fingerprint density at radius 2 is 1.70 bits per heavy atom. The van der Waals surface area contributed by atoms with Gasteiger partial charge in [-0.2, -0.15) is 0 Å². The molecule has 0 spiro atoms. The third-order valence-electron chi connectivity index (χ3n) is 3.63. The second-order valence-corrected chi connectivity index (χ2v) is 5.23. The van der Waals surface area contributed by atoms with Gasteiger partial charge in [-0.25, -0.2) is 0 Å².